The Morgan fingerprint density at radius 2 is 2.56 bits per heavy atom. The molecular weight excluding hydrogens is 140 g/mol. The zero-order chi connectivity index (χ0) is 6.69. The van der Waals surface area contributed by atoms with Gasteiger partial charge in [-0.15, -0.1) is 0 Å². The summed E-state index contributed by atoms with van der Waals surface area (Å²) in [6, 6.07) is 0. The van der Waals surface area contributed by atoms with Gasteiger partial charge in [-0.25, -0.2) is 0 Å². The minimum absolute atomic E-state index is 0.0247. The molecule has 4 heteroatoms. The molecule has 1 rings (SSSR count). The first-order chi connectivity index (χ1) is 4.29. The predicted molar refractivity (Wildman–Crippen MR) is 32.8 cm³/mol. The van der Waals surface area contributed by atoms with E-state index in [2.05, 4.69) is 0 Å². The van der Waals surface area contributed by atoms with Gasteiger partial charge in [0.1, 0.15) is 0 Å². The van der Waals surface area contributed by atoms with E-state index in [0.29, 0.717) is 0 Å². The minimum Gasteiger partial charge on any atom is -0.772 e. The first-order valence-corrected chi connectivity index (χ1v) is 4.21. The topological polar surface area (TPSA) is 49.4 Å². The summed E-state index contributed by atoms with van der Waals surface area (Å²) in [4.78, 5) is 0. The lowest BCUT2D eigenvalue weighted by Gasteiger charge is -2.10. The van der Waals surface area contributed by atoms with Gasteiger partial charge in [-0.3, -0.25) is 4.21 Å². The molecule has 0 saturated carbocycles. The second kappa shape index (κ2) is 3.29. The summed E-state index contributed by atoms with van der Waals surface area (Å²) in [6.45, 7) is 0.724. The van der Waals surface area contributed by atoms with Crippen molar-refractivity contribution < 1.29 is 13.5 Å². The van der Waals surface area contributed by atoms with Crippen LogP contribution in [0.5, 0.6) is 0 Å². The van der Waals surface area contributed by atoms with E-state index < -0.39 is 11.1 Å². The van der Waals surface area contributed by atoms with Crippen molar-refractivity contribution in [3.63, 3.8) is 0 Å². The molecule has 0 amide bonds. The van der Waals surface area contributed by atoms with Crippen molar-refractivity contribution >= 4 is 11.1 Å². The number of hydrogen-bond acceptors (Lipinski definition) is 3. The average Bonchev–Trinajstić information content (AvgIpc) is 2.15. The summed E-state index contributed by atoms with van der Waals surface area (Å²) in [5.74, 6) is 0.167. The van der Waals surface area contributed by atoms with Gasteiger partial charge in [0.25, 0.3) is 0 Å². The maximum absolute atomic E-state index is 10.1. The minimum atomic E-state index is -1.93. The molecule has 0 aliphatic carbocycles. The molecule has 0 aromatic rings. The van der Waals surface area contributed by atoms with Crippen LogP contribution in [0, 0.1) is 0 Å². The van der Waals surface area contributed by atoms with Gasteiger partial charge in [-0.05, 0) is 12.8 Å². The normalized spacial score (nSPS) is 30.6. The number of rotatable bonds is 2. The smallest absolute Gasteiger partial charge is 0.0680 e. The highest BCUT2D eigenvalue weighted by Gasteiger charge is 2.14. The molecule has 1 aliphatic rings. The third kappa shape index (κ3) is 2.43. The van der Waals surface area contributed by atoms with Gasteiger partial charge in [0.05, 0.1) is 6.10 Å². The molecule has 1 aliphatic heterocycles. The van der Waals surface area contributed by atoms with E-state index in [-0.39, 0.29) is 11.9 Å². The maximum atomic E-state index is 10.1. The highest BCUT2D eigenvalue weighted by atomic mass is 32.2. The Kier molecular flexibility index (Phi) is 2.63. The fourth-order valence-corrected chi connectivity index (χ4v) is 1.49. The summed E-state index contributed by atoms with van der Waals surface area (Å²) in [7, 11) is 0. The van der Waals surface area contributed by atoms with E-state index in [4.69, 9.17) is 4.74 Å². The first-order valence-electron chi connectivity index (χ1n) is 2.96. The van der Waals surface area contributed by atoms with Gasteiger partial charge in [-0.2, -0.15) is 0 Å². The summed E-state index contributed by atoms with van der Waals surface area (Å²) in [5, 5.41) is 0. The van der Waals surface area contributed by atoms with Crippen LogP contribution in [0.4, 0.5) is 0 Å². The van der Waals surface area contributed by atoms with Crippen LogP contribution in [-0.4, -0.2) is 27.2 Å². The standard InChI is InChI=1S/C5H10O3S/c6-9(7)4-5-2-1-3-8-5/h5H,1-4H2,(H,6,7)/p-1. The molecule has 1 fully saturated rings. The Morgan fingerprint density at radius 3 is 3.00 bits per heavy atom. The van der Waals surface area contributed by atoms with Crippen LogP contribution in [0.3, 0.4) is 0 Å². The van der Waals surface area contributed by atoms with E-state index in [1.54, 1.807) is 0 Å². The Hall–Kier alpha value is 0.0700. The average molecular weight is 149 g/mol. The molecule has 0 N–H and O–H groups in total. The van der Waals surface area contributed by atoms with Crippen molar-refractivity contribution in [2.45, 2.75) is 18.9 Å². The van der Waals surface area contributed by atoms with Crippen LogP contribution in [0.15, 0.2) is 0 Å². The van der Waals surface area contributed by atoms with Gasteiger partial charge in [0, 0.05) is 12.4 Å². The Morgan fingerprint density at radius 1 is 1.78 bits per heavy atom. The molecule has 0 spiro atoms. The second-order valence-electron chi connectivity index (χ2n) is 2.11. The summed E-state index contributed by atoms with van der Waals surface area (Å²) >= 11 is -1.93. The lowest BCUT2D eigenvalue weighted by molar-refractivity contribution is 0.127. The van der Waals surface area contributed by atoms with Crippen LogP contribution in [0.1, 0.15) is 12.8 Å². The largest absolute Gasteiger partial charge is 0.772 e. The summed E-state index contributed by atoms with van der Waals surface area (Å²) in [6.07, 6.45) is 1.87. The fourth-order valence-electron chi connectivity index (χ4n) is 0.928. The SMILES string of the molecule is O=S([O-])CC1CCCO1. The molecular formula is C5H9O3S-. The van der Waals surface area contributed by atoms with Crippen LogP contribution < -0.4 is 0 Å². The van der Waals surface area contributed by atoms with Crippen molar-refractivity contribution in [2.75, 3.05) is 12.4 Å². The quantitative estimate of drug-likeness (QED) is 0.521. The van der Waals surface area contributed by atoms with E-state index in [0.717, 1.165) is 19.4 Å². The van der Waals surface area contributed by atoms with Gasteiger partial charge in [0.2, 0.25) is 0 Å². The number of hydrogen-bond donors (Lipinski definition) is 0. The highest BCUT2D eigenvalue weighted by molar-refractivity contribution is 7.79. The lowest BCUT2D eigenvalue weighted by Crippen LogP contribution is -2.14. The Labute approximate surface area is 56.7 Å². The molecule has 0 bridgehead atoms. The molecule has 1 saturated heterocycles. The van der Waals surface area contributed by atoms with Gasteiger partial charge in [-0.1, -0.05) is 11.1 Å². The third-order valence-corrected chi connectivity index (χ3v) is 1.99. The van der Waals surface area contributed by atoms with Gasteiger partial charge >= 0.3 is 0 Å². The fraction of sp³-hybridized carbons (Fsp3) is 1.00. The van der Waals surface area contributed by atoms with Crippen molar-refractivity contribution in [3.8, 4) is 0 Å². The predicted octanol–water partition coefficient (Wildman–Crippen LogP) is 0.0445. The second-order valence-corrected chi connectivity index (χ2v) is 3.05. The molecule has 2 atom stereocenters. The van der Waals surface area contributed by atoms with E-state index >= 15 is 0 Å². The van der Waals surface area contributed by atoms with Crippen LogP contribution >= 0.6 is 0 Å². The van der Waals surface area contributed by atoms with Crippen molar-refractivity contribution in [1.29, 1.82) is 0 Å². The van der Waals surface area contributed by atoms with E-state index in [9.17, 15) is 8.76 Å². The summed E-state index contributed by atoms with van der Waals surface area (Å²) < 4.78 is 25.2. The van der Waals surface area contributed by atoms with Gasteiger partial charge < -0.3 is 9.29 Å². The molecule has 0 aromatic heterocycles. The Bertz CT molecular complexity index is 109. The molecule has 54 valence electrons. The molecule has 2 unspecified atom stereocenters. The lowest BCUT2D eigenvalue weighted by atomic mass is 10.3. The van der Waals surface area contributed by atoms with E-state index in [1.165, 1.54) is 0 Å². The van der Waals surface area contributed by atoms with Crippen LogP contribution in [-0.2, 0) is 15.8 Å². The van der Waals surface area contributed by atoms with Crippen LogP contribution in [0.2, 0.25) is 0 Å². The first kappa shape index (κ1) is 7.18. The molecule has 9 heavy (non-hydrogen) atoms. The molecule has 3 nitrogen and oxygen atoms in total. The van der Waals surface area contributed by atoms with Crippen LogP contribution in [0.25, 0.3) is 0 Å². The van der Waals surface area contributed by atoms with Crippen molar-refractivity contribution in [1.82, 2.24) is 0 Å². The zero-order valence-corrected chi connectivity index (χ0v) is 5.86. The van der Waals surface area contributed by atoms with E-state index in [1.807, 2.05) is 0 Å². The molecule has 0 radical (unpaired) electrons. The molecule has 0 aromatic carbocycles. The Balaban J connectivity index is 2.19. The third-order valence-electron chi connectivity index (χ3n) is 1.35. The van der Waals surface area contributed by atoms with Crippen molar-refractivity contribution in [2.24, 2.45) is 0 Å². The maximum Gasteiger partial charge on any atom is 0.0680 e. The van der Waals surface area contributed by atoms with Gasteiger partial charge in [0.15, 0.2) is 0 Å². The number of ether oxygens (including phenoxy) is 1. The van der Waals surface area contributed by atoms with Crippen molar-refractivity contribution in [3.05, 3.63) is 0 Å². The zero-order valence-electron chi connectivity index (χ0n) is 5.04. The molecule has 1 heterocycles. The monoisotopic (exact) mass is 149 g/mol. The highest BCUT2D eigenvalue weighted by Crippen LogP contribution is 2.11. The summed E-state index contributed by atoms with van der Waals surface area (Å²) in [5.41, 5.74) is 0.